The second kappa shape index (κ2) is 13.2. The highest BCUT2D eigenvalue weighted by Crippen LogP contribution is 2.35. The first kappa shape index (κ1) is 31.3. The van der Waals surface area contributed by atoms with E-state index in [2.05, 4.69) is 39.5 Å². The van der Waals surface area contributed by atoms with Crippen LogP contribution in [0, 0.1) is 5.82 Å². The first-order valence-electron chi connectivity index (χ1n) is 14.4. The molecule has 0 aliphatic heterocycles. The number of hydrogen-bond donors (Lipinski definition) is 0. The fourth-order valence-electron chi connectivity index (χ4n) is 4.81. The van der Waals surface area contributed by atoms with Gasteiger partial charge in [0, 0.05) is 35.8 Å². The van der Waals surface area contributed by atoms with E-state index in [1.165, 1.54) is 6.07 Å². The van der Waals surface area contributed by atoms with Gasteiger partial charge in [-0.3, -0.25) is 0 Å². The van der Waals surface area contributed by atoms with Gasteiger partial charge in [-0.05, 0) is 74.1 Å². The van der Waals surface area contributed by atoms with E-state index in [1.54, 1.807) is 6.08 Å². The molecule has 0 fully saturated rings. The van der Waals surface area contributed by atoms with Crippen molar-refractivity contribution < 1.29 is 27.0 Å². The van der Waals surface area contributed by atoms with Crippen molar-refractivity contribution in [3.8, 4) is 22.8 Å². The van der Waals surface area contributed by atoms with E-state index in [9.17, 15) is 17.6 Å². The summed E-state index contributed by atoms with van der Waals surface area (Å²) in [7, 11) is 0. The first-order valence-corrected chi connectivity index (χ1v) is 14.4. The maximum atomic E-state index is 13.7. The van der Waals surface area contributed by atoms with Gasteiger partial charge in [0.15, 0.2) is 0 Å². The van der Waals surface area contributed by atoms with Gasteiger partial charge in [0.1, 0.15) is 29.2 Å². The molecule has 1 aliphatic carbocycles. The topological polar surface area (TPSA) is 39.5 Å². The lowest BCUT2D eigenvalue weighted by Gasteiger charge is -2.23. The molecular weight excluding hydrogens is 546 g/mol. The molecule has 0 saturated heterocycles. The van der Waals surface area contributed by atoms with Gasteiger partial charge in [-0.25, -0.2) is 9.37 Å². The van der Waals surface area contributed by atoms with E-state index in [1.807, 2.05) is 47.2 Å². The van der Waals surface area contributed by atoms with Crippen LogP contribution in [0.2, 0.25) is 0 Å². The van der Waals surface area contributed by atoms with Crippen LogP contribution in [0.25, 0.3) is 17.0 Å². The summed E-state index contributed by atoms with van der Waals surface area (Å²) >= 11 is 0. The Morgan fingerprint density at radius 3 is 2.29 bits per heavy atom. The summed E-state index contributed by atoms with van der Waals surface area (Å²) in [5, 5.41) is 0. The summed E-state index contributed by atoms with van der Waals surface area (Å²) in [5.74, 6) is 0.334. The third kappa shape index (κ3) is 7.82. The monoisotopic (exact) mass is 585 g/mol. The van der Waals surface area contributed by atoms with Crippen molar-refractivity contribution in [2.45, 2.75) is 65.2 Å². The summed E-state index contributed by atoms with van der Waals surface area (Å²) < 4.78 is 66.7. The third-order valence-electron chi connectivity index (χ3n) is 7.16. The first-order chi connectivity index (χ1) is 19.9. The number of halogens is 4. The number of nitrogens with zero attached hydrogens (tertiary/aromatic N) is 3. The molecule has 3 aromatic rings. The predicted octanol–water partition coefficient (Wildman–Crippen LogP) is 8.36. The van der Waals surface area contributed by atoms with Crippen molar-refractivity contribution in [2.75, 3.05) is 26.2 Å². The van der Waals surface area contributed by atoms with Crippen molar-refractivity contribution in [2.24, 2.45) is 0 Å². The Morgan fingerprint density at radius 1 is 1.00 bits per heavy atom. The molecule has 0 radical (unpaired) electrons. The molecule has 1 aliphatic rings. The minimum atomic E-state index is -4.79. The zero-order valence-corrected chi connectivity index (χ0v) is 24.8. The molecule has 0 spiro atoms. The van der Waals surface area contributed by atoms with Gasteiger partial charge in [0.05, 0.1) is 17.9 Å². The maximum absolute atomic E-state index is 13.7. The molecule has 1 unspecified atom stereocenters. The van der Waals surface area contributed by atoms with Crippen LogP contribution in [0.3, 0.4) is 0 Å². The number of hydrogen-bond acceptors (Lipinski definition) is 4. The standard InChI is InChI=1S/C33H39F4N3O2/c1-6-39(7-2)19-8-20-41-25-13-9-23(10-14-25)30-22-40(31(38-30)32(3,4)5)24-11-15-26(16-12-24)42-27-17-18-29(34)28(21-27)33(35,36)37/h9-15,17-18,21-22,26H,6-8,16,19-20H2,1-5H3. The zero-order valence-electron chi connectivity index (χ0n) is 24.8. The Kier molecular flexibility index (Phi) is 9.82. The molecule has 42 heavy (non-hydrogen) atoms. The van der Waals surface area contributed by atoms with Gasteiger partial charge in [0.25, 0.3) is 0 Å². The predicted molar refractivity (Wildman–Crippen MR) is 158 cm³/mol. The SMILES string of the molecule is CCN(CC)CCCOc1ccc(-c2cn(C3=CCC(Oc4ccc(F)c(C(F)(F)F)c4)C=C3)c(C(C)(C)C)n2)cc1. The van der Waals surface area contributed by atoms with Gasteiger partial charge in [0.2, 0.25) is 0 Å². The van der Waals surface area contributed by atoms with Gasteiger partial charge in [-0.2, -0.15) is 13.2 Å². The number of alkyl halides is 3. The smallest absolute Gasteiger partial charge is 0.419 e. The molecule has 0 amide bonds. The highest BCUT2D eigenvalue weighted by atomic mass is 19.4. The molecule has 5 nitrogen and oxygen atoms in total. The van der Waals surface area contributed by atoms with Crippen LogP contribution < -0.4 is 9.47 Å². The van der Waals surface area contributed by atoms with E-state index in [4.69, 9.17) is 14.5 Å². The molecule has 1 atom stereocenters. The number of rotatable bonds is 11. The average molecular weight is 586 g/mol. The Labute approximate surface area is 245 Å². The van der Waals surface area contributed by atoms with Gasteiger partial charge in [-0.1, -0.05) is 40.7 Å². The van der Waals surface area contributed by atoms with Crippen LogP contribution in [0.4, 0.5) is 17.6 Å². The Hall–Kier alpha value is -3.59. The average Bonchev–Trinajstić information content (AvgIpc) is 3.41. The van der Waals surface area contributed by atoms with Crippen molar-refractivity contribution in [3.05, 3.63) is 84.1 Å². The van der Waals surface area contributed by atoms with Crippen molar-refractivity contribution in [1.82, 2.24) is 14.5 Å². The Balaban J connectivity index is 1.45. The highest BCUT2D eigenvalue weighted by Gasteiger charge is 2.34. The van der Waals surface area contributed by atoms with Crippen LogP contribution in [0.1, 0.15) is 58.8 Å². The molecule has 2 aromatic carbocycles. The van der Waals surface area contributed by atoms with Gasteiger partial charge >= 0.3 is 6.18 Å². The molecule has 226 valence electrons. The van der Waals surface area contributed by atoms with Crippen molar-refractivity contribution in [3.63, 3.8) is 0 Å². The minimum Gasteiger partial charge on any atom is -0.494 e. The number of ether oxygens (including phenoxy) is 2. The van der Waals surface area contributed by atoms with Crippen LogP contribution >= 0.6 is 0 Å². The summed E-state index contributed by atoms with van der Waals surface area (Å²) in [6.45, 7) is 14.4. The Bertz CT molecular complexity index is 1400. The third-order valence-corrected chi connectivity index (χ3v) is 7.16. The second-order valence-corrected chi connectivity index (χ2v) is 11.3. The molecular formula is C33H39F4N3O2. The summed E-state index contributed by atoms with van der Waals surface area (Å²) in [5.41, 5.74) is 1.09. The number of benzene rings is 2. The lowest BCUT2D eigenvalue weighted by atomic mass is 9.95. The zero-order chi connectivity index (χ0) is 30.5. The molecule has 1 aromatic heterocycles. The summed E-state index contributed by atoms with van der Waals surface area (Å²) in [6.07, 6.45) is 3.75. The quantitative estimate of drug-likeness (QED) is 0.167. The minimum absolute atomic E-state index is 0.0353. The molecule has 0 N–H and O–H groups in total. The largest absolute Gasteiger partial charge is 0.494 e. The van der Waals surface area contributed by atoms with Crippen LogP contribution in [-0.4, -0.2) is 46.8 Å². The van der Waals surface area contributed by atoms with Crippen molar-refractivity contribution in [1.29, 1.82) is 0 Å². The fraction of sp³-hybridized carbons (Fsp3) is 0.424. The van der Waals surface area contributed by atoms with E-state index in [0.29, 0.717) is 19.1 Å². The van der Waals surface area contributed by atoms with Crippen LogP contribution in [0.5, 0.6) is 11.5 Å². The molecule has 1 heterocycles. The molecule has 4 rings (SSSR count). The normalized spacial score (nSPS) is 15.7. The highest BCUT2D eigenvalue weighted by molar-refractivity contribution is 5.66. The molecule has 0 bridgehead atoms. The number of aromatic nitrogens is 2. The van der Waals surface area contributed by atoms with Crippen LogP contribution in [0.15, 0.2) is 66.9 Å². The second-order valence-electron chi connectivity index (χ2n) is 11.3. The van der Waals surface area contributed by atoms with Gasteiger partial charge in [-0.15, -0.1) is 0 Å². The molecule has 0 saturated carbocycles. The lowest BCUT2D eigenvalue weighted by molar-refractivity contribution is -0.140. The summed E-state index contributed by atoms with van der Waals surface area (Å²) in [6, 6.07) is 10.6. The number of imidazole rings is 1. The molecule has 9 heteroatoms. The van der Waals surface area contributed by atoms with E-state index in [-0.39, 0.29) is 11.2 Å². The summed E-state index contributed by atoms with van der Waals surface area (Å²) in [4.78, 5) is 7.34. The number of allylic oxidation sites excluding steroid dienone is 2. The Morgan fingerprint density at radius 2 is 1.69 bits per heavy atom. The van der Waals surface area contributed by atoms with E-state index in [0.717, 1.165) is 60.6 Å². The van der Waals surface area contributed by atoms with E-state index >= 15 is 0 Å². The van der Waals surface area contributed by atoms with Crippen molar-refractivity contribution >= 4 is 5.70 Å². The fourth-order valence-corrected chi connectivity index (χ4v) is 4.81. The van der Waals surface area contributed by atoms with E-state index < -0.39 is 23.7 Å². The maximum Gasteiger partial charge on any atom is 0.419 e. The lowest BCUT2D eigenvalue weighted by Crippen LogP contribution is -2.25. The van der Waals surface area contributed by atoms with Gasteiger partial charge < -0.3 is 18.9 Å². The van der Waals surface area contributed by atoms with Crippen LogP contribution in [-0.2, 0) is 11.6 Å².